The van der Waals surface area contributed by atoms with Crippen molar-refractivity contribution in [3.05, 3.63) is 35.6 Å². The Hall–Kier alpha value is -0.970. The third-order valence-electron chi connectivity index (χ3n) is 3.48. The maximum atomic E-state index is 13.4. The Morgan fingerprint density at radius 3 is 2.67 bits per heavy atom. The lowest BCUT2D eigenvalue weighted by molar-refractivity contribution is -0.146. The van der Waals surface area contributed by atoms with Crippen molar-refractivity contribution in [2.75, 3.05) is 40.0 Å². The maximum absolute atomic E-state index is 13.4. The quantitative estimate of drug-likeness (QED) is 0.829. The molecule has 0 aliphatic carbocycles. The van der Waals surface area contributed by atoms with Crippen LogP contribution in [0.25, 0.3) is 0 Å². The first-order valence-electron chi connectivity index (χ1n) is 6.26. The highest BCUT2D eigenvalue weighted by molar-refractivity contribution is 5.17. The van der Waals surface area contributed by atoms with Gasteiger partial charge in [0.1, 0.15) is 5.82 Å². The molecule has 1 aromatic rings. The lowest BCUT2D eigenvalue weighted by Gasteiger charge is -2.42. The fraction of sp³-hybridized carbons (Fsp3) is 0.571. The summed E-state index contributed by atoms with van der Waals surface area (Å²) < 4.78 is 18.6. The Morgan fingerprint density at radius 2 is 2.11 bits per heavy atom. The molecule has 100 valence electrons. The van der Waals surface area contributed by atoms with Crippen molar-refractivity contribution >= 4 is 0 Å². The lowest BCUT2D eigenvalue weighted by Crippen LogP contribution is -2.52. The van der Waals surface area contributed by atoms with E-state index in [9.17, 15) is 9.50 Å². The van der Waals surface area contributed by atoms with E-state index in [1.165, 1.54) is 6.07 Å². The highest BCUT2D eigenvalue weighted by Crippen LogP contribution is 2.27. The summed E-state index contributed by atoms with van der Waals surface area (Å²) in [6.07, 6.45) is 0.686. The molecule has 0 aromatic heterocycles. The minimum absolute atomic E-state index is 0.107. The molecule has 0 spiro atoms. The van der Waals surface area contributed by atoms with Crippen LogP contribution in [0.3, 0.4) is 0 Å². The first kappa shape index (κ1) is 13.5. The van der Waals surface area contributed by atoms with Gasteiger partial charge in [0.25, 0.3) is 0 Å². The molecule has 0 amide bonds. The van der Waals surface area contributed by atoms with Crippen LogP contribution in [0.1, 0.15) is 5.56 Å². The predicted molar refractivity (Wildman–Crippen MR) is 67.9 cm³/mol. The van der Waals surface area contributed by atoms with E-state index in [2.05, 4.69) is 4.90 Å². The van der Waals surface area contributed by atoms with Crippen molar-refractivity contribution in [1.29, 1.82) is 0 Å². The van der Waals surface area contributed by atoms with Crippen LogP contribution in [0.2, 0.25) is 0 Å². The van der Waals surface area contributed by atoms with E-state index in [1.807, 2.05) is 19.2 Å². The summed E-state index contributed by atoms with van der Waals surface area (Å²) in [6.45, 7) is 2.96. The Balaban J connectivity index is 1.81. The van der Waals surface area contributed by atoms with Gasteiger partial charge in [-0.25, -0.2) is 4.39 Å². The van der Waals surface area contributed by atoms with Gasteiger partial charge in [-0.05, 0) is 25.1 Å². The number of ether oxygens (including phenoxy) is 1. The van der Waals surface area contributed by atoms with Crippen molar-refractivity contribution in [3.8, 4) is 0 Å². The second kappa shape index (κ2) is 5.78. The van der Waals surface area contributed by atoms with Gasteiger partial charge in [0, 0.05) is 13.1 Å². The second-order valence-corrected chi connectivity index (χ2v) is 5.23. The predicted octanol–water partition coefficient (Wildman–Crippen LogP) is 1.31. The van der Waals surface area contributed by atoms with E-state index < -0.39 is 0 Å². The van der Waals surface area contributed by atoms with Crippen LogP contribution in [0.4, 0.5) is 4.39 Å². The van der Waals surface area contributed by atoms with Crippen LogP contribution in [-0.2, 0) is 11.2 Å². The van der Waals surface area contributed by atoms with Gasteiger partial charge in [-0.1, -0.05) is 18.2 Å². The summed E-state index contributed by atoms with van der Waals surface area (Å²) in [4.78, 5) is 2.13. The standard InChI is InChI=1S/C14H20FNO2/c1-16(8-14(9-17)10-18-11-14)7-6-12-4-2-3-5-13(12)15/h2-5,17H,6-11H2,1H3. The third kappa shape index (κ3) is 3.07. The average molecular weight is 253 g/mol. The number of aliphatic hydroxyl groups is 1. The Morgan fingerprint density at radius 1 is 1.39 bits per heavy atom. The molecule has 0 saturated carbocycles. The summed E-state index contributed by atoms with van der Waals surface area (Å²) in [7, 11) is 2.00. The maximum Gasteiger partial charge on any atom is 0.126 e. The van der Waals surface area contributed by atoms with E-state index in [1.54, 1.807) is 6.07 Å². The van der Waals surface area contributed by atoms with Gasteiger partial charge in [0.05, 0.1) is 25.2 Å². The van der Waals surface area contributed by atoms with Gasteiger partial charge >= 0.3 is 0 Å². The largest absolute Gasteiger partial charge is 0.396 e. The van der Waals surface area contributed by atoms with E-state index in [0.29, 0.717) is 19.6 Å². The molecule has 18 heavy (non-hydrogen) atoms. The summed E-state index contributed by atoms with van der Waals surface area (Å²) in [5.74, 6) is -0.144. The summed E-state index contributed by atoms with van der Waals surface area (Å²) in [5.41, 5.74) is 0.636. The smallest absolute Gasteiger partial charge is 0.126 e. The molecule has 0 radical (unpaired) electrons. The molecule has 2 rings (SSSR count). The molecule has 1 N–H and O–H groups in total. The molecule has 1 aromatic carbocycles. The summed E-state index contributed by atoms with van der Waals surface area (Å²) in [6, 6.07) is 6.87. The SMILES string of the molecule is CN(CCc1ccccc1F)CC1(CO)COC1. The molecule has 1 aliphatic heterocycles. The van der Waals surface area contributed by atoms with Gasteiger partial charge in [0.15, 0.2) is 0 Å². The fourth-order valence-corrected chi connectivity index (χ4v) is 2.29. The number of likely N-dealkylation sites (N-methyl/N-ethyl adjacent to an activating group) is 1. The normalized spacial score (nSPS) is 17.8. The third-order valence-corrected chi connectivity index (χ3v) is 3.48. The molecule has 1 fully saturated rings. The van der Waals surface area contributed by atoms with Gasteiger partial charge in [-0.3, -0.25) is 0 Å². The molecule has 0 atom stereocenters. The minimum Gasteiger partial charge on any atom is -0.396 e. The first-order valence-corrected chi connectivity index (χ1v) is 6.26. The highest BCUT2D eigenvalue weighted by Gasteiger charge is 2.38. The van der Waals surface area contributed by atoms with Crippen molar-refractivity contribution in [2.24, 2.45) is 5.41 Å². The number of hydrogen-bond acceptors (Lipinski definition) is 3. The second-order valence-electron chi connectivity index (χ2n) is 5.23. The highest BCUT2D eigenvalue weighted by atomic mass is 19.1. The minimum atomic E-state index is -0.144. The topological polar surface area (TPSA) is 32.7 Å². The van der Waals surface area contributed by atoms with Crippen LogP contribution in [0, 0.1) is 11.2 Å². The Bertz CT molecular complexity index is 388. The molecule has 1 aliphatic rings. The van der Waals surface area contributed by atoms with Crippen molar-refractivity contribution in [1.82, 2.24) is 4.90 Å². The molecule has 1 heterocycles. The molecular weight excluding hydrogens is 233 g/mol. The zero-order chi connectivity index (χ0) is 13.0. The van der Waals surface area contributed by atoms with Gasteiger partial charge in [0.2, 0.25) is 0 Å². The molecule has 0 unspecified atom stereocenters. The van der Waals surface area contributed by atoms with Crippen LogP contribution in [0.5, 0.6) is 0 Å². The van der Waals surface area contributed by atoms with Crippen LogP contribution < -0.4 is 0 Å². The number of benzene rings is 1. The van der Waals surface area contributed by atoms with E-state index in [-0.39, 0.29) is 17.8 Å². The van der Waals surface area contributed by atoms with E-state index in [0.717, 1.165) is 18.7 Å². The number of rotatable bonds is 6. The Kier molecular flexibility index (Phi) is 4.32. The fourth-order valence-electron chi connectivity index (χ4n) is 2.29. The van der Waals surface area contributed by atoms with Gasteiger partial charge in [-0.2, -0.15) is 0 Å². The lowest BCUT2D eigenvalue weighted by atomic mass is 9.86. The zero-order valence-corrected chi connectivity index (χ0v) is 10.7. The molecule has 0 bridgehead atoms. The number of halogens is 1. The van der Waals surface area contributed by atoms with Gasteiger partial charge in [-0.15, -0.1) is 0 Å². The van der Waals surface area contributed by atoms with Crippen molar-refractivity contribution in [3.63, 3.8) is 0 Å². The molecular formula is C14H20FNO2. The van der Waals surface area contributed by atoms with Crippen LogP contribution >= 0.6 is 0 Å². The molecule has 4 heteroatoms. The van der Waals surface area contributed by atoms with E-state index >= 15 is 0 Å². The van der Waals surface area contributed by atoms with Gasteiger partial charge < -0.3 is 14.7 Å². The number of hydrogen-bond donors (Lipinski definition) is 1. The van der Waals surface area contributed by atoms with Crippen LogP contribution in [0.15, 0.2) is 24.3 Å². The van der Waals surface area contributed by atoms with Crippen molar-refractivity contribution < 1.29 is 14.2 Å². The summed E-state index contributed by atoms with van der Waals surface area (Å²) in [5, 5.41) is 9.35. The Labute approximate surface area is 107 Å². The van der Waals surface area contributed by atoms with Crippen LogP contribution in [-0.4, -0.2) is 50.0 Å². The average Bonchev–Trinajstić information content (AvgIpc) is 2.33. The monoisotopic (exact) mass is 253 g/mol. The summed E-state index contributed by atoms with van der Waals surface area (Å²) >= 11 is 0. The first-order chi connectivity index (χ1) is 8.65. The van der Waals surface area contributed by atoms with E-state index in [4.69, 9.17) is 4.74 Å². The molecule has 3 nitrogen and oxygen atoms in total. The molecule has 1 saturated heterocycles. The van der Waals surface area contributed by atoms with Crippen molar-refractivity contribution in [2.45, 2.75) is 6.42 Å². The number of nitrogens with zero attached hydrogens (tertiary/aromatic N) is 1. The zero-order valence-electron chi connectivity index (χ0n) is 10.7. The number of aliphatic hydroxyl groups excluding tert-OH is 1.